The number of carbonyl (C=O) groups excluding carboxylic acids is 4. The second-order valence-corrected chi connectivity index (χ2v) is 13.7. The van der Waals surface area contributed by atoms with Gasteiger partial charge in [0.05, 0.1) is 37.9 Å². The zero-order valence-corrected chi connectivity index (χ0v) is 28.8. The van der Waals surface area contributed by atoms with Crippen LogP contribution in [0.1, 0.15) is 43.8 Å². The number of nitrogens with zero attached hydrogens (tertiary/aromatic N) is 3. The Morgan fingerprint density at radius 1 is 0.980 bits per heavy atom. The molecule has 13 heteroatoms. The Hall–Kier alpha value is -3.62. The van der Waals surface area contributed by atoms with E-state index in [4.69, 9.17) is 18.9 Å². The molecule has 7 atom stereocenters. The van der Waals surface area contributed by atoms with Gasteiger partial charge < -0.3 is 39.2 Å². The van der Waals surface area contributed by atoms with E-state index in [1.807, 2.05) is 42.5 Å². The Morgan fingerprint density at radius 3 is 2.54 bits per heavy atom. The summed E-state index contributed by atoms with van der Waals surface area (Å²) in [4.78, 5) is 62.5. The van der Waals surface area contributed by atoms with Crippen LogP contribution in [0.4, 0.5) is 0 Å². The van der Waals surface area contributed by atoms with Crippen LogP contribution in [0.15, 0.2) is 54.6 Å². The number of methoxy groups -OCH3 is 1. The van der Waals surface area contributed by atoms with E-state index < -0.39 is 47.7 Å². The molecular weight excluding hydrogens is 644 g/mol. The summed E-state index contributed by atoms with van der Waals surface area (Å²) in [5.74, 6) is -3.46. The van der Waals surface area contributed by atoms with Crippen LogP contribution in [0.5, 0.6) is 0 Å². The van der Waals surface area contributed by atoms with Crippen LogP contribution in [-0.4, -0.2) is 140 Å². The number of morpholine rings is 1. The standard InChI is InChI=1S/C37H50N4O9/c1-47-25-27-32(26-11-4-2-5-12-26)49-36(46)30-28(13-6-7-14-29(43)38-27)50-37-15-10-16-40(19-18-39-20-23-48-24-21-39)35(45)33(37)41(34(44)31(30)37)17-8-3-9-22-42/h2,4-6,10-13,15,27-28,30-33,42H,3,7-9,14,16-25H2,1H3,(H,38,43)/b13-6-/t27-,28-,30+,31+,32-,33-,37+/m0/s1. The van der Waals surface area contributed by atoms with Crippen molar-refractivity contribution in [2.75, 3.05) is 72.8 Å². The minimum atomic E-state index is -1.40. The number of esters is 1. The van der Waals surface area contributed by atoms with E-state index in [9.17, 15) is 24.3 Å². The molecule has 0 saturated carbocycles. The first-order valence-corrected chi connectivity index (χ1v) is 17.9. The van der Waals surface area contributed by atoms with Gasteiger partial charge in [0.1, 0.15) is 23.7 Å². The number of cyclic esters (lactones) is 1. The molecule has 0 radical (unpaired) electrons. The highest BCUT2D eigenvalue weighted by atomic mass is 16.6. The van der Waals surface area contributed by atoms with E-state index in [-0.39, 0.29) is 37.4 Å². The fourth-order valence-electron chi connectivity index (χ4n) is 8.04. The highest BCUT2D eigenvalue weighted by molar-refractivity contribution is 5.99. The van der Waals surface area contributed by atoms with Gasteiger partial charge in [-0.25, -0.2) is 0 Å². The third-order valence-electron chi connectivity index (χ3n) is 10.5. The second kappa shape index (κ2) is 16.6. The summed E-state index contributed by atoms with van der Waals surface area (Å²) in [5.41, 5.74) is -0.734. The molecule has 1 spiro atoms. The van der Waals surface area contributed by atoms with Crippen LogP contribution in [0.2, 0.25) is 0 Å². The van der Waals surface area contributed by atoms with Crippen molar-refractivity contribution in [1.29, 1.82) is 0 Å². The first-order valence-electron chi connectivity index (χ1n) is 17.9. The number of fused-ring (bicyclic) bond motifs is 2. The average Bonchev–Trinajstić information content (AvgIpc) is 3.51. The van der Waals surface area contributed by atoms with Crippen LogP contribution >= 0.6 is 0 Å². The van der Waals surface area contributed by atoms with Crippen LogP contribution in [0.25, 0.3) is 0 Å². The Kier molecular flexibility index (Phi) is 12.0. The lowest BCUT2D eigenvalue weighted by atomic mass is 9.77. The molecular formula is C37H50N4O9. The number of allylic oxidation sites excluding steroid dienone is 1. The van der Waals surface area contributed by atoms with Crippen molar-refractivity contribution in [2.45, 2.75) is 62.0 Å². The highest BCUT2D eigenvalue weighted by Gasteiger charge is 2.71. The molecule has 1 aromatic carbocycles. The SMILES string of the molecule is COC[C@@H]1NC(=O)CC/C=C\[C@@H]2O[C@@]34C=CCN(CCN5CCOCC5)C(=O)[C@@H]3N(CCCCCO)C(=O)[C@H]4[C@@H]2C(=O)O[C@H]1c1ccccc1. The number of amides is 3. The van der Waals surface area contributed by atoms with Crippen molar-refractivity contribution >= 4 is 23.7 Å². The number of unbranched alkanes of at least 4 members (excludes halogenated alkanes) is 2. The maximum Gasteiger partial charge on any atom is 0.313 e. The minimum Gasteiger partial charge on any atom is -0.455 e. The smallest absolute Gasteiger partial charge is 0.313 e. The Bertz CT molecular complexity index is 1420. The Labute approximate surface area is 293 Å². The zero-order chi connectivity index (χ0) is 35.1. The van der Waals surface area contributed by atoms with Crippen LogP contribution in [0, 0.1) is 11.8 Å². The summed E-state index contributed by atoms with van der Waals surface area (Å²) in [6.45, 7) is 4.81. The maximum atomic E-state index is 14.7. The average molecular weight is 695 g/mol. The Morgan fingerprint density at radius 2 is 1.78 bits per heavy atom. The molecule has 13 nitrogen and oxygen atoms in total. The van der Waals surface area contributed by atoms with Gasteiger partial charge in [-0.05, 0) is 31.2 Å². The quantitative estimate of drug-likeness (QED) is 0.197. The largest absolute Gasteiger partial charge is 0.455 e. The lowest BCUT2D eigenvalue weighted by Gasteiger charge is -2.36. The van der Waals surface area contributed by atoms with Gasteiger partial charge in [0.15, 0.2) is 0 Å². The molecule has 2 N–H and O–H groups in total. The normalized spacial score (nSPS) is 32.7. The summed E-state index contributed by atoms with van der Waals surface area (Å²) in [5, 5.41) is 12.4. The summed E-state index contributed by atoms with van der Waals surface area (Å²) >= 11 is 0. The number of benzene rings is 1. The predicted octanol–water partition coefficient (Wildman–Crippen LogP) is 1.23. The maximum absolute atomic E-state index is 14.7. The summed E-state index contributed by atoms with van der Waals surface area (Å²) in [6.07, 6.45) is 7.92. The lowest BCUT2D eigenvalue weighted by molar-refractivity contribution is -0.162. The third kappa shape index (κ3) is 7.52. The molecule has 3 amide bonds. The molecule has 50 heavy (non-hydrogen) atoms. The summed E-state index contributed by atoms with van der Waals surface area (Å²) in [6, 6.07) is 7.50. The number of rotatable bonds is 11. The van der Waals surface area contributed by atoms with Crippen molar-refractivity contribution in [3.63, 3.8) is 0 Å². The van der Waals surface area contributed by atoms with Crippen molar-refractivity contribution < 1.29 is 43.2 Å². The number of aliphatic hydroxyl groups is 1. The van der Waals surface area contributed by atoms with Gasteiger partial charge in [-0.15, -0.1) is 0 Å². The van der Waals surface area contributed by atoms with Gasteiger partial charge in [-0.1, -0.05) is 54.6 Å². The van der Waals surface area contributed by atoms with Gasteiger partial charge in [-0.3, -0.25) is 24.1 Å². The van der Waals surface area contributed by atoms with Gasteiger partial charge in [0, 0.05) is 59.4 Å². The van der Waals surface area contributed by atoms with E-state index in [1.165, 1.54) is 7.11 Å². The zero-order valence-electron chi connectivity index (χ0n) is 28.8. The van der Waals surface area contributed by atoms with Crippen molar-refractivity contribution in [2.24, 2.45) is 11.8 Å². The molecule has 0 bridgehead atoms. The molecule has 5 aliphatic rings. The summed E-state index contributed by atoms with van der Waals surface area (Å²) in [7, 11) is 1.52. The van der Waals surface area contributed by atoms with E-state index >= 15 is 0 Å². The summed E-state index contributed by atoms with van der Waals surface area (Å²) < 4.78 is 24.1. The van der Waals surface area contributed by atoms with Gasteiger partial charge in [-0.2, -0.15) is 0 Å². The molecule has 1 aromatic rings. The first kappa shape index (κ1) is 36.2. The van der Waals surface area contributed by atoms with E-state index in [1.54, 1.807) is 22.0 Å². The number of ether oxygens (including phenoxy) is 4. The first-order chi connectivity index (χ1) is 24.4. The fourth-order valence-corrected chi connectivity index (χ4v) is 8.04. The molecule has 6 rings (SSSR count). The monoisotopic (exact) mass is 694 g/mol. The van der Waals surface area contributed by atoms with Crippen molar-refractivity contribution in [3.8, 4) is 0 Å². The van der Waals surface area contributed by atoms with E-state index in [0.29, 0.717) is 70.6 Å². The van der Waals surface area contributed by atoms with E-state index in [2.05, 4.69) is 10.2 Å². The molecule has 0 aliphatic carbocycles. The fraction of sp³-hybridized carbons (Fsp3) is 0.622. The number of hydrogen-bond acceptors (Lipinski definition) is 10. The predicted molar refractivity (Wildman–Crippen MR) is 181 cm³/mol. The number of hydrogen-bond donors (Lipinski definition) is 2. The second-order valence-electron chi connectivity index (χ2n) is 13.7. The molecule has 5 aliphatic heterocycles. The van der Waals surface area contributed by atoms with Crippen molar-refractivity contribution in [1.82, 2.24) is 20.0 Å². The lowest BCUT2D eigenvalue weighted by Crippen LogP contribution is -2.56. The van der Waals surface area contributed by atoms with Crippen molar-refractivity contribution in [3.05, 3.63) is 60.2 Å². The molecule has 272 valence electrons. The van der Waals surface area contributed by atoms with E-state index in [0.717, 1.165) is 13.1 Å². The number of nitrogens with one attached hydrogen (secondary N) is 1. The van der Waals surface area contributed by atoms with Crippen LogP contribution in [-0.2, 0) is 38.1 Å². The molecule has 3 saturated heterocycles. The molecule has 3 fully saturated rings. The number of aliphatic hydroxyl groups excluding tert-OH is 1. The van der Waals surface area contributed by atoms with Gasteiger partial charge >= 0.3 is 5.97 Å². The van der Waals surface area contributed by atoms with Crippen LogP contribution in [0.3, 0.4) is 0 Å². The minimum absolute atomic E-state index is 0.0407. The van der Waals surface area contributed by atoms with Gasteiger partial charge in [0.25, 0.3) is 0 Å². The third-order valence-corrected chi connectivity index (χ3v) is 10.5. The molecule has 0 aromatic heterocycles. The van der Waals surface area contributed by atoms with Crippen LogP contribution < -0.4 is 5.32 Å². The van der Waals surface area contributed by atoms with Gasteiger partial charge in [0.2, 0.25) is 17.7 Å². The Balaban J connectivity index is 1.36. The molecule has 5 heterocycles. The number of carbonyl (C=O) groups is 4. The topological polar surface area (TPSA) is 147 Å². The molecule has 0 unspecified atom stereocenters. The highest BCUT2D eigenvalue weighted by Crippen LogP contribution is 2.53. The number of likely N-dealkylation sites (tertiary alicyclic amines) is 1.